The van der Waals surface area contributed by atoms with E-state index in [-0.39, 0.29) is 11.7 Å². The summed E-state index contributed by atoms with van der Waals surface area (Å²) in [5.41, 5.74) is -0.395. The van der Waals surface area contributed by atoms with Crippen molar-refractivity contribution in [3.05, 3.63) is 16.4 Å². The van der Waals surface area contributed by atoms with E-state index in [0.717, 1.165) is 0 Å². The molecule has 0 fully saturated rings. The van der Waals surface area contributed by atoms with Crippen LogP contribution in [0.4, 0.5) is 0 Å². The second-order valence-electron chi connectivity index (χ2n) is 2.90. The number of nitrogens with zero attached hydrogens (tertiary/aromatic N) is 2. The number of ether oxygens (including phenoxy) is 1. The van der Waals surface area contributed by atoms with Gasteiger partial charge in [-0.05, 0) is 5.92 Å². The smallest absolute Gasteiger partial charge is 0.502 e. The van der Waals surface area contributed by atoms with Gasteiger partial charge in [0.2, 0.25) is 11.2 Å². The number of carbonyl (C=O) groups is 1. The summed E-state index contributed by atoms with van der Waals surface area (Å²) >= 11 is 0. The average Bonchev–Trinajstić information content (AvgIpc) is 2.27. The maximum Gasteiger partial charge on any atom is 0.509 e. The summed E-state index contributed by atoms with van der Waals surface area (Å²) in [7, 11) is 0. The number of hydrogen-bond acceptors (Lipinski definition) is 4. The van der Waals surface area contributed by atoms with Crippen LogP contribution in [-0.2, 0) is 9.53 Å². The van der Waals surface area contributed by atoms with Crippen molar-refractivity contribution < 1.29 is 14.6 Å². The van der Waals surface area contributed by atoms with Crippen molar-refractivity contribution >= 4 is 5.97 Å². The first-order valence-corrected chi connectivity index (χ1v) is 3.57. The van der Waals surface area contributed by atoms with Crippen LogP contribution in [-0.4, -0.2) is 17.2 Å². The summed E-state index contributed by atoms with van der Waals surface area (Å²) in [4.78, 5) is 13.5. The van der Waals surface area contributed by atoms with E-state index in [2.05, 4.69) is 4.98 Å². The van der Waals surface area contributed by atoms with E-state index in [0.29, 0.717) is 0 Å². The predicted molar refractivity (Wildman–Crippen MR) is 39.5 cm³/mol. The zero-order valence-corrected chi connectivity index (χ0v) is 6.81. The van der Waals surface area contributed by atoms with Crippen LogP contribution in [0.3, 0.4) is 0 Å². The summed E-state index contributed by atoms with van der Waals surface area (Å²) in [5.74, 6) is -1.11. The average molecular weight is 169 g/mol. The van der Waals surface area contributed by atoms with Gasteiger partial charge in [0.05, 0.1) is 0 Å². The highest BCUT2D eigenvalue weighted by Gasteiger charge is 2.45. The van der Waals surface area contributed by atoms with Crippen molar-refractivity contribution in [3.8, 4) is 0 Å². The van der Waals surface area contributed by atoms with E-state index in [9.17, 15) is 9.90 Å². The molecule has 1 heterocycles. The van der Waals surface area contributed by atoms with Crippen LogP contribution in [0.5, 0.6) is 0 Å². The molecule has 0 aliphatic carbocycles. The maximum atomic E-state index is 10.8. The zero-order valence-electron chi connectivity index (χ0n) is 6.81. The quantitative estimate of drug-likeness (QED) is 0.472. The standard InChI is InChI=1S/C7H8N2O3/c1-3(2)6-5(10)4(9-8)7(11)12-6/h3,6H,1-2H3/p+1/t6-/m0/s1. The Morgan fingerprint density at radius 3 is 2.50 bits per heavy atom. The molecular weight excluding hydrogens is 160 g/mol. The minimum absolute atomic E-state index is 0.0341. The minimum Gasteiger partial charge on any atom is -0.502 e. The van der Waals surface area contributed by atoms with Gasteiger partial charge in [0.1, 0.15) is 0 Å². The minimum atomic E-state index is -0.784. The fourth-order valence-corrected chi connectivity index (χ4v) is 1.01. The van der Waals surface area contributed by atoms with E-state index < -0.39 is 17.8 Å². The third-order valence-corrected chi connectivity index (χ3v) is 1.64. The Morgan fingerprint density at radius 2 is 2.25 bits per heavy atom. The van der Waals surface area contributed by atoms with Crippen LogP contribution in [0.15, 0.2) is 11.5 Å². The Bertz CT molecular complexity index is 288. The molecule has 5 heteroatoms. The Balaban J connectivity index is 2.99. The molecule has 1 atom stereocenters. The summed E-state index contributed by atoms with van der Waals surface area (Å²) in [5, 5.41) is 17.6. The van der Waals surface area contributed by atoms with E-state index in [4.69, 9.17) is 10.1 Å². The van der Waals surface area contributed by atoms with Crippen LogP contribution in [0.1, 0.15) is 13.8 Å². The Labute approximate surface area is 69.3 Å². The summed E-state index contributed by atoms with van der Waals surface area (Å²) in [6.07, 6.45) is -0.677. The van der Waals surface area contributed by atoms with Crippen molar-refractivity contribution in [1.29, 1.82) is 5.39 Å². The highest BCUT2D eigenvalue weighted by molar-refractivity contribution is 5.93. The molecule has 0 aromatic rings. The number of diazo groups is 1. The summed E-state index contributed by atoms with van der Waals surface area (Å²) in [6, 6.07) is 0. The molecule has 0 bridgehead atoms. The predicted octanol–water partition coefficient (Wildman–Crippen LogP) is 1.19. The van der Waals surface area contributed by atoms with Gasteiger partial charge in [-0.25, -0.2) is 4.79 Å². The molecule has 0 amide bonds. The van der Waals surface area contributed by atoms with Gasteiger partial charge in [0.15, 0.2) is 11.1 Å². The van der Waals surface area contributed by atoms with Gasteiger partial charge in [-0.2, -0.15) is 0 Å². The second-order valence-corrected chi connectivity index (χ2v) is 2.90. The fourth-order valence-electron chi connectivity index (χ4n) is 1.01. The zero-order chi connectivity index (χ0) is 9.30. The van der Waals surface area contributed by atoms with E-state index in [1.165, 1.54) is 0 Å². The van der Waals surface area contributed by atoms with Crippen molar-refractivity contribution in [3.63, 3.8) is 0 Å². The molecule has 5 nitrogen and oxygen atoms in total. The van der Waals surface area contributed by atoms with Gasteiger partial charge in [-0.15, -0.1) is 0 Å². The lowest BCUT2D eigenvalue weighted by Crippen LogP contribution is -2.18. The first kappa shape index (κ1) is 8.53. The maximum absolute atomic E-state index is 10.8. The lowest BCUT2D eigenvalue weighted by Gasteiger charge is -2.11. The Hall–Kier alpha value is -1.57. The van der Waals surface area contributed by atoms with Crippen molar-refractivity contribution in [2.75, 3.05) is 0 Å². The Kier molecular flexibility index (Phi) is 2.00. The van der Waals surface area contributed by atoms with Gasteiger partial charge in [0.25, 0.3) is 0 Å². The molecule has 0 aromatic carbocycles. The van der Waals surface area contributed by atoms with Gasteiger partial charge in [0, 0.05) is 0 Å². The molecule has 1 rings (SSSR count). The highest BCUT2D eigenvalue weighted by atomic mass is 16.6. The largest absolute Gasteiger partial charge is 0.509 e. The van der Waals surface area contributed by atoms with E-state index in [1.807, 2.05) is 0 Å². The molecule has 12 heavy (non-hydrogen) atoms. The SMILES string of the molecule is CC(C)[C@@H]1OC(=O)C([N+]#N)=C1O. The number of hydrogen-bond donors (Lipinski definition) is 1. The first-order chi connectivity index (χ1) is 5.57. The molecule has 0 radical (unpaired) electrons. The molecule has 1 N–H and O–H groups in total. The normalized spacial score (nSPS) is 22.8. The molecule has 1 aliphatic heterocycles. The van der Waals surface area contributed by atoms with E-state index >= 15 is 0 Å². The number of aliphatic hydroxyl groups is 1. The molecule has 64 valence electrons. The highest BCUT2D eigenvalue weighted by Crippen LogP contribution is 2.26. The lowest BCUT2D eigenvalue weighted by atomic mass is 10.1. The molecule has 0 saturated heterocycles. The van der Waals surface area contributed by atoms with E-state index in [1.54, 1.807) is 13.8 Å². The van der Waals surface area contributed by atoms with Crippen molar-refractivity contribution in [1.82, 2.24) is 0 Å². The molecular formula is C7H9N2O3+. The van der Waals surface area contributed by atoms with Crippen molar-refractivity contribution in [2.24, 2.45) is 5.92 Å². The lowest BCUT2D eigenvalue weighted by molar-refractivity contribution is -0.141. The first-order valence-electron chi connectivity index (χ1n) is 3.57. The van der Waals surface area contributed by atoms with Crippen LogP contribution in [0.25, 0.3) is 4.98 Å². The third-order valence-electron chi connectivity index (χ3n) is 1.64. The van der Waals surface area contributed by atoms with Crippen LogP contribution in [0, 0.1) is 11.3 Å². The Morgan fingerprint density at radius 1 is 1.67 bits per heavy atom. The molecule has 0 aromatic heterocycles. The molecule has 0 saturated carbocycles. The number of carbonyl (C=O) groups excluding carboxylic acids is 1. The van der Waals surface area contributed by atoms with Gasteiger partial charge >= 0.3 is 11.7 Å². The number of aliphatic hydroxyl groups excluding tert-OH is 1. The number of rotatable bonds is 1. The van der Waals surface area contributed by atoms with Crippen LogP contribution in [0.2, 0.25) is 0 Å². The van der Waals surface area contributed by atoms with Gasteiger partial charge in [-0.3, -0.25) is 0 Å². The molecule has 1 aliphatic rings. The second kappa shape index (κ2) is 2.81. The van der Waals surface area contributed by atoms with Crippen molar-refractivity contribution in [2.45, 2.75) is 20.0 Å². The fraction of sp³-hybridized carbons (Fsp3) is 0.571. The molecule has 0 unspecified atom stereocenters. The topological polar surface area (TPSA) is 74.7 Å². The summed E-state index contributed by atoms with van der Waals surface area (Å²) in [6.45, 7) is 3.57. The number of esters is 1. The third kappa shape index (κ3) is 1.11. The number of cyclic esters (lactones) is 1. The monoisotopic (exact) mass is 169 g/mol. The van der Waals surface area contributed by atoms with Crippen LogP contribution < -0.4 is 0 Å². The van der Waals surface area contributed by atoms with Gasteiger partial charge < -0.3 is 9.84 Å². The summed E-state index contributed by atoms with van der Waals surface area (Å²) < 4.78 is 4.72. The van der Waals surface area contributed by atoms with Crippen LogP contribution >= 0.6 is 0 Å². The van der Waals surface area contributed by atoms with Gasteiger partial charge in [-0.1, -0.05) is 13.8 Å². The molecule has 0 spiro atoms.